The molecule has 118 valence electrons. The molecule has 2 aromatic rings. The Morgan fingerprint density at radius 2 is 2.09 bits per heavy atom. The normalized spacial score (nSPS) is 15.5. The van der Waals surface area contributed by atoms with Gasteiger partial charge in [0.1, 0.15) is 12.3 Å². The van der Waals surface area contributed by atoms with E-state index in [9.17, 15) is 4.79 Å². The summed E-state index contributed by atoms with van der Waals surface area (Å²) in [7, 11) is 1.65. The number of rotatable bonds is 6. The molecule has 0 atom stereocenters. The van der Waals surface area contributed by atoms with Gasteiger partial charge in [-0.15, -0.1) is 0 Å². The fourth-order valence-corrected chi connectivity index (χ4v) is 3.24. The maximum Gasteiger partial charge on any atom is 0.323 e. The summed E-state index contributed by atoms with van der Waals surface area (Å²) in [4.78, 5) is 13.5. The number of aromatic nitrogens is 1. The first kappa shape index (κ1) is 14.9. The summed E-state index contributed by atoms with van der Waals surface area (Å²) in [5.74, 6) is -0.0122. The highest BCUT2D eigenvalue weighted by atomic mass is 16.5. The minimum atomic E-state index is -0.821. The number of aliphatic carboxylic acids is 1. The fourth-order valence-electron chi connectivity index (χ4n) is 3.24. The van der Waals surface area contributed by atoms with E-state index < -0.39 is 5.97 Å². The average Bonchev–Trinajstić information content (AvgIpc) is 3.12. The Hall–Kier alpha value is -2.01. The van der Waals surface area contributed by atoms with Gasteiger partial charge in [0.05, 0.1) is 7.11 Å². The highest BCUT2D eigenvalue weighted by molar-refractivity contribution is 5.86. The monoisotopic (exact) mass is 302 g/mol. The van der Waals surface area contributed by atoms with Crippen LogP contribution in [0.15, 0.2) is 24.4 Å². The third kappa shape index (κ3) is 3.09. The van der Waals surface area contributed by atoms with Crippen molar-refractivity contribution in [2.24, 2.45) is 0 Å². The quantitative estimate of drug-likeness (QED) is 0.890. The lowest BCUT2D eigenvalue weighted by molar-refractivity contribution is -0.137. The van der Waals surface area contributed by atoms with E-state index in [1.54, 1.807) is 7.11 Å². The summed E-state index contributed by atoms with van der Waals surface area (Å²) < 4.78 is 7.13. The number of carboxylic acids is 1. The molecule has 5 heteroatoms. The predicted molar refractivity (Wildman–Crippen MR) is 85.5 cm³/mol. The molecule has 0 spiro atoms. The Kier molecular flexibility index (Phi) is 4.34. The highest BCUT2D eigenvalue weighted by Crippen LogP contribution is 2.27. The Labute approximate surface area is 130 Å². The molecule has 1 aliphatic heterocycles. The first-order chi connectivity index (χ1) is 10.7. The van der Waals surface area contributed by atoms with Gasteiger partial charge in [0.25, 0.3) is 0 Å². The van der Waals surface area contributed by atoms with Crippen molar-refractivity contribution in [3.05, 3.63) is 30.0 Å². The molecule has 0 radical (unpaired) electrons. The van der Waals surface area contributed by atoms with Gasteiger partial charge in [-0.25, -0.2) is 0 Å². The molecule has 0 unspecified atom stereocenters. The molecule has 3 rings (SSSR count). The second-order valence-corrected chi connectivity index (χ2v) is 5.86. The van der Waals surface area contributed by atoms with Crippen molar-refractivity contribution >= 4 is 16.9 Å². The number of nitrogens with zero attached hydrogens (tertiary/aromatic N) is 2. The van der Waals surface area contributed by atoms with Crippen LogP contribution in [0.25, 0.3) is 10.9 Å². The van der Waals surface area contributed by atoms with Crippen molar-refractivity contribution in [2.45, 2.75) is 25.8 Å². The van der Waals surface area contributed by atoms with Gasteiger partial charge in [0.15, 0.2) is 0 Å². The molecule has 0 bridgehead atoms. The standard InChI is InChI=1S/C17H22N2O3/c1-22-14-4-5-16-15(10-14)13(11-19(16)12-17(20)21)6-9-18-7-2-3-8-18/h4-5,10-11H,2-3,6-9,12H2,1H3,(H,20,21). The molecular weight excluding hydrogens is 280 g/mol. The zero-order valence-corrected chi connectivity index (χ0v) is 12.9. The molecule has 2 heterocycles. The van der Waals surface area contributed by atoms with Crippen molar-refractivity contribution in [3.63, 3.8) is 0 Å². The van der Waals surface area contributed by atoms with E-state index in [1.165, 1.54) is 31.5 Å². The van der Waals surface area contributed by atoms with Crippen molar-refractivity contribution in [3.8, 4) is 5.75 Å². The van der Waals surface area contributed by atoms with E-state index in [4.69, 9.17) is 9.84 Å². The van der Waals surface area contributed by atoms with E-state index in [2.05, 4.69) is 4.90 Å². The van der Waals surface area contributed by atoms with E-state index in [-0.39, 0.29) is 6.54 Å². The van der Waals surface area contributed by atoms with Crippen molar-refractivity contribution < 1.29 is 14.6 Å². The molecule has 1 aromatic carbocycles. The van der Waals surface area contributed by atoms with Gasteiger partial charge in [-0.2, -0.15) is 0 Å². The SMILES string of the molecule is COc1ccc2c(c1)c(CCN1CCCC1)cn2CC(=O)O. The van der Waals surface area contributed by atoms with Crippen molar-refractivity contribution in [1.29, 1.82) is 0 Å². The summed E-state index contributed by atoms with van der Waals surface area (Å²) in [6.07, 6.45) is 5.49. The van der Waals surface area contributed by atoms with Gasteiger partial charge in [-0.3, -0.25) is 4.79 Å². The van der Waals surface area contributed by atoms with Crippen molar-refractivity contribution in [2.75, 3.05) is 26.7 Å². The lowest BCUT2D eigenvalue weighted by Crippen LogP contribution is -2.21. The van der Waals surface area contributed by atoms with Gasteiger partial charge < -0.3 is 19.3 Å². The first-order valence-electron chi connectivity index (χ1n) is 7.77. The highest BCUT2D eigenvalue weighted by Gasteiger charge is 2.15. The third-order valence-electron chi connectivity index (χ3n) is 4.37. The van der Waals surface area contributed by atoms with Crippen LogP contribution in [-0.4, -0.2) is 47.3 Å². The summed E-state index contributed by atoms with van der Waals surface area (Å²) in [6.45, 7) is 3.38. The van der Waals surface area contributed by atoms with Crippen LogP contribution in [0.4, 0.5) is 0 Å². The Morgan fingerprint density at radius 3 is 2.77 bits per heavy atom. The number of hydrogen-bond donors (Lipinski definition) is 1. The molecular formula is C17H22N2O3. The molecule has 1 saturated heterocycles. The maximum absolute atomic E-state index is 11.1. The number of carboxylic acid groups (broad SMARTS) is 1. The molecule has 0 saturated carbocycles. The second-order valence-electron chi connectivity index (χ2n) is 5.86. The summed E-state index contributed by atoms with van der Waals surface area (Å²) in [5.41, 5.74) is 2.15. The van der Waals surface area contributed by atoms with Crippen LogP contribution < -0.4 is 4.74 Å². The maximum atomic E-state index is 11.1. The van der Waals surface area contributed by atoms with E-state index in [0.717, 1.165) is 29.6 Å². The number of likely N-dealkylation sites (tertiary alicyclic amines) is 1. The van der Waals surface area contributed by atoms with Crippen LogP contribution in [0.3, 0.4) is 0 Å². The molecule has 0 aliphatic carbocycles. The van der Waals surface area contributed by atoms with Gasteiger partial charge in [-0.1, -0.05) is 0 Å². The summed E-state index contributed by atoms with van der Waals surface area (Å²) in [5, 5.41) is 10.2. The Bertz CT molecular complexity index is 672. The fraction of sp³-hybridized carbons (Fsp3) is 0.471. The second kappa shape index (κ2) is 6.40. The largest absolute Gasteiger partial charge is 0.497 e. The smallest absolute Gasteiger partial charge is 0.323 e. The number of hydrogen-bond acceptors (Lipinski definition) is 3. The lowest BCUT2D eigenvalue weighted by atomic mass is 10.1. The van der Waals surface area contributed by atoms with Gasteiger partial charge in [0, 0.05) is 23.6 Å². The van der Waals surface area contributed by atoms with Crippen LogP contribution in [0, 0.1) is 0 Å². The van der Waals surface area contributed by atoms with Crippen LogP contribution >= 0.6 is 0 Å². The Morgan fingerprint density at radius 1 is 1.32 bits per heavy atom. The van der Waals surface area contributed by atoms with E-state index >= 15 is 0 Å². The molecule has 22 heavy (non-hydrogen) atoms. The number of benzene rings is 1. The minimum absolute atomic E-state index is 0.00740. The van der Waals surface area contributed by atoms with Gasteiger partial charge in [0.2, 0.25) is 0 Å². The van der Waals surface area contributed by atoms with Crippen LogP contribution in [0.1, 0.15) is 18.4 Å². The van der Waals surface area contributed by atoms with Crippen molar-refractivity contribution in [1.82, 2.24) is 9.47 Å². The van der Waals surface area contributed by atoms with Crippen LogP contribution in [0.2, 0.25) is 0 Å². The van der Waals surface area contributed by atoms with Crippen LogP contribution in [0.5, 0.6) is 5.75 Å². The number of ether oxygens (including phenoxy) is 1. The topological polar surface area (TPSA) is 54.7 Å². The van der Waals surface area contributed by atoms with E-state index in [0.29, 0.717) is 0 Å². The molecule has 1 aromatic heterocycles. The molecule has 5 nitrogen and oxygen atoms in total. The molecule has 1 N–H and O–H groups in total. The van der Waals surface area contributed by atoms with Crippen LogP contribution in [-0.2, 0) is 17.8 Å². The summed E-state index contributed by atoms with van der Waals surface area (Å²) >= 11 is 0. The lowest BCUT2D eigenvalue weighted by Gasteiger charge is -2.13. The predicted octanol–water partition coefficient (Wildman–Crippen LogP) is 2.37. The Balaban J connectivity index is 1.90. The average molecular weight is 302 g/mol. The van der Waals surface area contributed by atoms with Gasteiger partial charge >= 0.3 is 5.97 Å². The molecule has 0 amide bonds. The first-order valence-corrected chi connectivity index (χ1v) is 7.77. The summed E-state index contributed by atoms with van der Waals surface area (Å²) in [6, 6.07) is 5.83. The zero-order chi connectivity index (χ0) is 15.5. The molecule has 1 aliphatic rings. The molecule has 1 fully saturated rings. The third-order valence-corrected chi connectivity index (χ3v) is 4.37. The number of fused-ring (bicyclic) bond motifs is 1. The van der Waals surface area contributed by atoms with E-state index in [1.807, 2.05) is 29.0 Å². The minimum Gasteiger partial charge on any atom is -0.497 e. The number of carbonyl (C=O) groups is 1. The zero-order valence-electron chi connectivity index (χ0n) is 12.9. The number of methoxy groups -OCH3 is 1. The van der Waals surface area contributed by atoms with Gasteiger partial charge in [-0.05, 0) is 56.1 Å².